The number of carbonyl (C=O) groups excluding carboxylic acids is 1. The van der Waals surface area contributed by atoms with Crippen molar-refractivity contribution in [1.29, 1.82) is 0 Å². The van der Waals surface area contributed by atoms with E-state index in [1.807, 2.05) is 6.07 Å². The number of halogens is 3. The molecule has 0 spiro atoms. The summed E-state index contributed by atoms with van der Waals surface area (Å²) in [7, 11) is 1.36. The minimum Gasteiger partial charge on any atom is -0.469 e. The first-order valence-electron chi connectivity index (χ1n) is 3.75. The highest BCUT2D eigenvalue weighted by Crippen LogP contribution is 2.33. The maximum Gasteiger partial charge on any atom is 0.310 e. The van der Waals surface area contributed by atoms with E-state index in [0.29, 0.717) is 5.02 Å². The molecule has 0 amide bonds. The van der Waals surface area contributed by atoms with Gasteiger partial charge < -0.3 is 4.74 Å². The van der Waals surface area contributed by atoms with Crippen LogP contribution in [0.25, 0.3) is 0 Å². The van der Waals surface area contributed by atoms with Crippen LogP contribution in [0.5, 0.6) is 0 Å². The summed E-state index contributed by atoms with van der Waals surface area (Å²) in [6, 6.07) is 3.61. The number of benzene rings is 1. The van der Waals surface area contributed by atoms with Crippen molar-refractivity contribution in [2.24, 2.45) is 0 Å². The molecule has 1 rings (SSSR count). The predicted molar refractivity (Wildman–Crippen MR) is 62.6 cm³/mol. The molecule has 14 heavy (non-hydrogen) atoms. The summed E-state index contributed by atoms with van der Waals surface area (Å²) in [5, 5.41) is 0.561. The van der Waals surface area contributed by atoms with Crippen LogP contribution in [-0.4, -0.2) is 13.1 Å². The number of methoxy groups -OCH3 is 1. The summed E-state index contributed by atoms with van der Waals surface area (Å²) >= 11 is 12.6. The molecular formula is C9H7Br2ClO2. The van der Waals surface area contributed by atoms with Crippen LogP contribution < -0.4 is 0 Å². The second-order valence-corrected chi connectivity index (χ2v) is 4.61. The van der Waals surface area contributed by atoms with Gasteiger partial charge in [-0.1, -0.05) is 17.7 Å². The summed E-state index contributed by atoms with van der Waals surface area (Å²) < 4.78 is 6.08. The normalized spacial score (nSPS) is 10.0. The number of rotatable bonds is 2. The van der Waals surface area contributed by atoms with E-state index in [9.17, 15) is 4.79 Å². The Morgan fingerprint density at radius 1 is 1.50 bits per heavy atom. The largest absolute Gasteiger partial charge is 0.469 e. The van der Waals surface area contributed by atoms with Crippen molar-refractivity contribution in [2.45, 2.75) is 6.42 Å². The van der Waals surface area contributed by atoms with Crippen LogP contribution in [0.15, 0.2) is 21.1 Å². The Balaban J connectivity index is 3.00. The summed E-state index contributed by atoms with van der Waals surface area (Å²) in [6.45, 7) is 0. The highest BCUT2D eigenvalue weighted by molar-refractivity contribution is 9.11. The van der Waals surface area contributed by atoms with Gasteiger partial charge in [-0.05, 0) is 43.5 Å². The Bertz CT molecular complexity index is 366. The lowest BCUT2D eigenvalue weighted by Gasteiger charge is -2.06. The molecule has 1 aromatic carbocycles. The van der Waals surface area contributed by atoms with Crippen molar-refractivity contribution in [2.75, 3.05) is 7.11 Å². The highest BCUT2D eigenvalue weighted by Gasteiger charge is 2.11. The van der Waals surface area contributed by atoms with Crippen LogP contribution in [0.1, 0.15) is 5.56 Å². The maximum absolute atomic E-state index is 11.0. The lowest BCUT2D eigenvalue weighted by atomic mass is 10.1. The van der Waals surface area contributed by atoms with Crippen molar-refractivity contribution in [1.82, 2.24) is 0 Å². The molecule has 0 atom stereocenters. The Labute approximate surface area is 104 Å². The predicted octanol–water partition coefficient (Wildman–Crippen LogP) is 3.58. The van der Waals surface area contributed by atoms with Gasteiger partial charge in [0.2, 0.25) is 0 Å². The van der Waals surface area contributed by atoms with Gasteiger partial charge >= 0.3 is 5.97 Å². The fourth-order valence-electron chi connectivity index (χ4n) is 0.930. The van der Waals surface area contributed by atoms with E-state index in [1.165, 1.54) is 7.11 Å². The van der Waals surface area contributed by atoms with Crippen LogP contribution in [-0.2, 0) is 16.0 Å². The molecule has 76 valence electrons. The molecule has 0 fully saturated rings. The van der Waals surface area contributed by atoms with Crippen molar-refractivity contribution in [3.63, 3.8) is 0 Å². The zero-order chi connectivity index (χ0) is 10.7. The van der Waals surface area contributed by atoms with E-state index in [-0.39, 0.29) is 12.4 Å². The number of hydrogen-bond acceptors (Lipinski definition) is 2. The number of ether oxygens (including phenoxy) is 1. The smallest absolute Gasteiger partial charge is 0.310 e. The van der Waals surface area contributed by atoms with Crippen LogP contribution in [0, 0.1) is 0 Å². The molecule has 0 N–H and O–H groups in total. The quantitative estimate of drug-likeness (QED) is 0.607. The second-order valence-electron chi connectivity index (χ2n) is 2.59. The monoisotopic (exact) mass is 340 g/mol. The third-order valence-corrected chi connectivity index (χ3v) is 4.09. The molecule has 0 aromatic heterocycles. The maximum atomic E-state index is 11.0. The summed E-state index contributed by atoms with van der Waals surface area (Å²) in [6.07, 6.45) is 0.212. The number of carbonyl (C=O) groups is 1. The average molecular weight is 342 g/mol. The van der Waals surface area contributed by atoms with Crippen LogP contribution in [0.4, 0.5) is 0 Å². The van der Waals surface area contributed by atoms with Crippen LogP contribution in [0.3, 0.4) is 0 Å². The second kappa shape index (κ2) is 5.14. The minimum atomic E-state index is -0.288. The van der Waals surface area contributed by atoms with Crippen molar-refractivity contribution in [3.8, 4) is 0 Å². The van der Waals surface area contributed by atoms with E-state index < -0.39 is 0 Å². The lowest BCUT2D eigenvalue weighted by molar-refractivity contribution is -0.139. The minimum absolute atomic E-state index is 0.212. The van der Waals surface area contributed by atoms with Crippen LogP contribution >= 0.6 is 43.5 Å². The van der Waals surface area contributed by atoms with Gasteiger partial charge in [0.05, 0.1) is 18.6 Å². The van der Waals surface area contributed by atoms with E-state index in [2.05, 4.69) is 36.6 Å². The summed E-state index contributed by atoms with van der Waals surface area (Å²) in [4.78, 5) is 11.0. The molecule has 2 nitrogen and oxygen atoms in total. The molecule has 0 unspecified atom stereocenters. The van der Waals surface area contributed by atoms with Crippen molar-refractivity contribution in [3.05, 3.63) is 31.7 Å². The Hall–Kier alpha value is -0.0600. The van der Waals surface area contributed by atoms with Gasteiger partial charge in [0.15, 0.2) is 0 Å². The van der Waals surface area contributed by atoms with Gasteiger partial charge in [0.1, 0.15) is 0 Å². The van der Waals surface area contributed by atoms with Gasteiger partial charge in [-0.25, -0.2) is 0 Å². The first-order chi connectivity index (χ1) is 6.56. The lowest BCUT2D eigenvalue weighted by Crippen LogP contribution is -2.05. The topological polar surface area (TPSA) is 26.3 Å². The van der Waals surface area contributed by atoms with Crippen molar-refractivity contribution < 1.29 is 9.53 Å². The number of hydrogen-bond donors (Lipinski definition) is 0. The molecule has 0 saturated heterocycles. The van der Waals surface area contributed by atoms with Gasteiger partial charge in [0, 0.05) is 8.95 Å². The summed E-state index contributed by atoms with van der Waals surface area (Å²) in [5.41, 5.74) is 0.810. The van der Waals surface area contributed by atoms with Gasteiger partial charge in [-0.15, -0.1) is 0 Å². The van der Waals surface area contributed by atoms with Crippen molar-refractivity contribution >= 4 is 49.4 Å². The molecule has 0 heterocycles. The van der Waals surface area contributed by atoms with E-state index in [1.54, 1.807) is 6.07 Å². The molecular weight excluding hydrogens is 335 g/mol. The third-order valence-electron chi connectivity index (χ3n) is 1.68. The molecule has 5 heteroatoms. The first kappa shape index (κ1) is 12.0. The molecule has 0 aliphatic carbocycles. The zero-order valence-electron chi connectivity index (χ0n) is 7.31. The highest BCUT2D eigenvalue weighted by atomic mass is 79.9. The molecule has 0 saturated carbocycles. The van der Waals surface area contributed by atoms with Gasteiger partial charge in [-0.3, -0.25) is 4.79 Å². The third kappa shape index (κ3) is 2.72. The Kier molecular flexibility index (Phi) is 4.41. The van der Waals surface area contributed by atoms with E-state index >= 15 is 0 Å². The Morgan fingerprint density at radius 3 is 2.71 bits per heavy atom. The molecule has 0 aliphatic heterocycles. The first-order valence-corrected chi connectivity index (χ1v) is 5.72. The average Bonchev–Trinajstić information content (AvgIpc) is 2.19. The van der Waals surface area contributed by atoms with Crippen LogP contribution in [0.2, 0.25) is 5.02 Å². The summed E-state index contributed by atoms with van der Waals surface area (Å²) in [5.74, 6) is -0.288. The van der Waals surface area contributed by atoms with Gasteiger partial charge in [0.25, 0.3) is 0 Å². The molecule has 0 bridgehead atoms. The molecule has 0 radical (unpaired) electrons. The Morgan fingerprint density at radius 2 is 2.14 bits per heavy atom. The number of esters is 1. The van der Waals surface area contributed by atoms with E-state index in [0.717, 1.165) is 14.5 Å². The molecule has 1 aromatic rings. The fraction of sp³-hybridized carbons (Fsp3) is 0.222. The van der Waals surface area contributed by atoms with Gasteiger partial charge in [-0.2, -0.15) is 0 Å². The standard InChI is InChI=1S/C9H7Br2ClO2/c1-14-7(13)4-5-2-3-6(10)9(12)8(5)11/h2-3H,4H2,1H3. The zero-order valence-corrected chi connectivity index (χ0v) is 11.2. The SMILES string of the molecule is COC(=O)Cc1ccc(Br)c(Cl)c1Br. The molecule has 0 aliphatic rings. The van der Waals surface area contributed by atoms with E-state index in [4.69, 9.17) is 11.6 Å². The fourth-order valence-corrected chi connectivity index (χ4v) is 2.20.